The smallest absolute Gasteiger partial charge is 0.317 e. The summed E-state index contributed by atoms with van der Waals surface area (Å²) in [6.45, 7) is 21.8. The Balaban J connectivity index is -0.000000150. The van der Waals surface area contributed by atoms with Gasteiger partial charge in [-0.15, -0.1) is 0 Å². The summed E-state index contributed by atoms with van der Waals surface area (Å²) in [4.78, 5) is 43.6. The second-order valence-electron chi connectivity index (χ2n) is 9.22. The number of ketones is 1. The molecule has 0 rings (SSSR count). The first kappa shape index (κ1) is 45.9. The molecule has 230 valence electrons. The number of rotatable bonds is 17. The molecule has 0 aromatic rings. The van der Waals surface area contributed by atoms with Crippen LogP contribution in [0.25, 0.3) is 0 Å². The molecule has 0 heterocycles. The molecule has 3 N–H and O–H groups in total. The molecule has 0 aromatic heterocycles. The summed E-state index contributed by atoms with van der Waals surface area (Å²) in [5.74, 6) is -0.428. The van der Waals surface area contributed by atoms with Crippen LogP contribution >= 0.6 is 0 Å². The zero-order valence-corrected chi connectivity index (χ0v) is 26.1. The van der Waals surface area contributed by atoms with Crippen molar-refractivity contribution >= 4 is 24.2 Å². The highest BCUT2D eigenvalue weighted by Crippen LogP contribution is 2.11. The molecule has 0 saturated carbocycles. The minimum atomic E-state index is -0.794. The quantitative estimate of drug-likeness (QED) is 0.141. The molecule has 9 nitrogen and oxygen atoms in total. The number of carboxylic acid groups (broad SMARTS) is 3. The van der Waals surface area contributed by atoms with Gasteiger partial charge in [0, 0.05) is 19.5 Å². The lowest BCUT2D eigenvalue weighted by Gasteiger charge is -2.25. The summed E-state index contributed by atoms with van der Waals surface area (Å²) < 4.78 is 0. The lowest BCUT2D eigenvalue weighted by atomic mass is 10.0. The Labute approximate surface area is 234 Å². The van der Waals surface area contributed by atoms with E-state index in [1.54, 1.807) is 13.8 Å². The Hall–Kier alpha value is -2.00. The highest BCUT2D eigenvalue weighted by Gasteiger charge is 2.12. The monoisotopic (exact) mass is 550 g/mol. The van der Waals surface area contributed by atoms with E-state index in [9.17, 15) is 14.4 Å². The van der Waals surface area contributed by atoms with Crippen molar-refractivity contribution in [3.05, 3.63) is 0 Å². The van der Waals surface area contributed by atoms with Gasteiger partial charge in [0.2, 0.25) is 0 Å². The zero-order valence-electron chi connectivity index (χ0n) is 26.1. The van der Waals surface area contributed by atoms with Crippen molar-refractivity contribution in [3.63, 3.8) is 0 Å². The molecule has 0 aromatic carbocycles. The fourth-order valence-electron chi connectivity index (χ4n) is 2.91. The number of Topliss-reactive ketones (excluding diaryl/α,β-unsaturated/α-hetero) is 1. The van der Waals surface area contributed by atoms with E-state index in [4.69, 9.17) is 20.1 Å². The first-order valence-corrected chi connectivity index (χ1v) is 14.4. The molecular formula is C29H62N2O7. The van der Waals surface area contributed by atoms with E-state index in [0.29, 0.717) is 13.1 Å². The third kappa shape index (κ3) is 54.8. The van der Waals surface area contributed by atoms with Gasteiger partial charge < -0.3 is 15.3 Å². The molecule has 1 unspecified atom stereocenters. The summed E-state index contributed by atoms with van der Waals surface area (Å²) in [6.07, 6.45) is 10.4. The lowest BCUT2D eigenvalue weighted by Crippen LogP contribution is -2.40. The predicted octanol–water partition coefficient (Wildman–Crippen LogP) is 6.29. The molecule has 0 saturated heterocycles. The maximum atomic E-state index is 11.1. The second kappa shape index (κ2) is 39.5. The van der Waals surface area contributed by atoms with Gasteiger partial charge in [-0.05, 0) is 38.8 Å². The molecule has 1 atom stereocenters. The number of aliphatic carboxylic acids is 2. The van der Waals surface area contributed by atoms with Gasteiger partial charge in [-0.25, -0.2) is 0 Å². The minimum absolute atomic E-state index is 0.0773. The SMILES string of the molecule is CCC.CCC(=O)O.CCCCCC(C)CC.CCCN(CCN(CCC)CC(=O)O)CC(C)=O.O=CO. The number of nitrogens with zero attached hydrogens (tertiary/aromatic N) is 2. The number of hydrogen-bond donors (Lipinski definition) is 3. The number of carbonyl (C=O) groups is 4. The van der Waals surface area contributed by atoms with Crippen molar-refractivity contribution in [1.29, 1.82) is 0 Å². The summed E-state index contributed by atoms with van der Waals surface area (Å²) in [5.41, 5.74) is 0. The first-order chi connectivity index (χ1) is 17.9. The summed E-state index contributed by atoms with van der Waals surface area (Å²) in [5, 5.41) is 23.4. The summed E-state index contributed by atoms with van der Waals surface area (Å²) in [7, 11) is 0. The van der Waals surface area contributed by atoms with Gasteiger partial charge in [0.15, 0.2) is 0 Å². The normalized spacial score (nSPS) is 10.3. The number of carboxylic acids is 2. The highest BCUT2D eigenvalue weighted by atomic mass is 16.4. The number of carbonyl (C=O) groups excluding carboxylic acids is 1. The number of unbranched alkanes of at least 4 members (excludes halogenated alkanes) is 2. The van der Waals surface area contributed by atoms with Crippen molar-refractivity contribution < 1.29 is 34.5 Å². The average Bonchev–Trinajstić information content (AvgIpc) is 2.84. The topological polar surface area (TPSA) is 135 Å². The van der Waals surface area contributed by atoms with Crippen molar-refractivity contribution in [3.8, 4) is 0 Å². The molecule has 0 spiro atoms. The van der Waals surface area contributed by atoms with Crippen LogP contribution in [0.15, 0.2) is 0 Å². The third-order valence-electron chi connectivity index (χ3n) is 4.92. The molecule has 9 heteroatoms. The van der Waals surface area contributed by atoms with E-state index in [2.05, 4.69) is 46.4 Å². The molecule has 0 fully saturated rings. The van der Waals surface area contributed by atoms with Crippen molar-refractivity contribution in [2.24, 2.45) is 5.92 Å². The highest BCUT2D eigenvalue weighted by molar-refractivity contribution is 5.77. The van der Waals surface area contributed by atoms with Crippen LogP contribution in [0, 0.1) is 5.92 Å². The second-order valence-corrected chi connectivity index (χ2v) is 9.22. The van der Waals surface area contributed by atoms with Crippen LogP contribution in [-0.2, 0) is 19.2 Å². The van der Waals surface area contributed by atoms with E-state index in [1.807, 2.05) is 11.8 Å². The van der Waals surface area contributed by atoms with Crippen LogP contribution in [0.1, 0.15) is 120 Å². The lowest BCUT2D eigenvalue weighted by molar-refractivity contribution is -0.138. The van der Waals surface area contributed by atoms with Crippen LogP contribution in [0.4, 0.5) is 0 Å². The Morgan fingerprint density at radius 1 is 0.737 bits per heavy atom. The third-order valence-corrected chi connectivity index (χ3v) is 4.92. The molecular weight excluding hydrogens is 488 g/mol. The minimum Gasteiger partial charge on any atom is -0.483 e. The molecule has 38 heavy (non-hydrogen) atoms. The Bertz CT molecular complexity index is 491. The van der Waals surface area contributed by atoms with Crippen LogP contribution in [0.3, 0.4) is 0 Å². The Morgan fingerprint density at radius 3 is 1.39 bits per heavy atom. The zero-order chi connectivity index (χ0) is 30.8. The fraction of sp³-hybridized carbons (Fsp3) is 0.862. The van der Waals surface area contributed by atoms with Crippen LogP contribution < -0.4 is 0 Å². The van der Waals surface area contributed by atoms with Gasteiger partial charge in [-0.1, -0.05) is 93.9 Å². The van der Waals surface area contributed by atoms with Crippen LogP contribution in [0.2, 0.25) is 0 Å². The maximum absolute atomic E-state index is 11.1. The van der Waals surface area contributed by atoms with Crippen molar-refractivity contribution in [2.45, 2.75) is 120 Å². The molecule has 0 aliphatic carbocycles. The van der Waals surface area contributed by atoms with Gasteiger partial charge in [0.05, 0.1) is 13.1 Å². The first-order valence-electron chi connectivity index (χ1n) is 14.4. The van der Waals surface area contributed by atoms with E-state index in [1.165, 1.54) is 38.5 Å². The van der Waals surface area contributed by atoms with Crippen LogP contribution in [0.5, 0.6) is 0 Å². The number of hydrogen-bond acceptors (Lipinski definition) is 6. The van der Waals surface area contributed by atoms with Gasteiger partial charge in [-0.3, -0.25) is 29.0 Å². The molecule has 0 bridgehead atoms. The Morgan fingerprint density at radius 2 is 1.13 bits per heavy atom. The van der Waals surface area contributed by atoms with E-state index in [-0.39, 0.29) is 25.2 Å². The van der Waals surface area contributed by atoms with Gasteiger partial charge in [-0.2, -0.15) is 0 Å². The van der Waals surface area contributed by atoms with E-state index in [0.717, 1.165) is 38.4 Å². The summed E-state index contributed by atoms with van der Waals surface area (Å²) >= 11 is 0. The molecule has 0 radical (unpaired) electrons. The van der Waals surface area contributed by atoms with Gasteiger partial charge in [0.25, 0.3) is 6.47 Å². The average molecular weight is 551 g/mol. The molecule has 0 aliphatic rings. The predicted molar refractivity (Wildman–Crippen MR) is 158 cm³/mol. The molecule has 0 amide bonds. The Kier molecular flexibility index (Phi) is 47.7. The largest absolute Gasteiger partial charge is 0.483 e. The van der Waals surface area contributed by atoms with Gasteiger partial charge >= 0.3 is 11.9 Å². The maximum Gasteiger partial charge on any atom is 0.317 e. The summed E-state index contributed by atoms with van der Waals surface area (Å²) in [6, 6.07) is 0. The van der Waals surface area contributed by atoms with Gasteiger partial charge in [0.1, 0.15) is 5.78 Å². The fourth-order valence-corrected chi connectivity index (χ4v) is 2.91. The van der Waals surface area contributed by atoms with Crippen molar-refractivity contribution in [2.75, 3.05) is 39.3 Å². The standard InChI is InChI=1S/C13H26N2O3.C9H20.C3H6O2.C3H8.CH2O2/c1-4-6-14(10-12(3)16)8-9-15(7-5-2)11-13(17)18;1-4-6-7-8-9(3)5-2;1-2-3(4)5;1-3-2;2-1-3/h4-11H2,1-3H3,(H,17,18);9H,4-8H2,1-3H3;2H2,1H3,(H,4,5);3H2,1-2H3;1H,(H,2,3). The van der Waals surface area contributed by atoms with Crippen LogP contribution in [-0.4, -0.2) is 88.6 Å². The van der Waals surface area contributed by atoms with E-state index >= 15 is 0 Å². The van der Waals surface area contributed by atoms with E-state index < -0.39 is 11.9 Å². The van der Waals surface area contributed by atoms with Crippen molar-refractivity contribution in [1.82, 2.24) is 9.80 Å². The molecule has 0 aliphatic heterocycles.